The number of aromatic nitrogens is 2. The zero-order valence-corrected chi connectivity index (χ0v) is 10.6. The van der Waals surface area contributed by atoms with Crippen LogP contribution in [0.3, 0.4) is 0 Å². The quantitative estimate of drug-likeness (QED) is 0.893. The zero-order chi connectivity index (χ0) is 13.4. The molecule has 0 aliphatic heterocycles. The van der Waals surface area contributed by atoms with Crippen molar-refractivity contribution in [3.05, 3.63) is 35.3 Å². The fraction of sp³-hybridized carbons (Fsp3) is 0.357. The van der Waals surface area contributed by atoms with Gasteiger partial charge in [0.15, 0.2) is 11.6 Å². The van der Waals surface area contributed by atoms with Gasteiger partial charge >= 0.3 is 5.97 Å². The van der Waals surface area contributed by atoms with Gasteiger partial charge in [0.2, 0.25) is 0 Å². The molecule has 2 aromatic heterocycles. The number of carbonyl (C=O) groups is 1. The van der Waals surface area contributed by atoms with Crippen molar-refractivity contribution >= 4 is 5.97 Å². The van der Waals surface area contributed by atoms with Crippen molar-refractivity contribution in [3.63, 3.8) is 0 Å². The Morgan fingerprint density at radius 2 is 2.37 bits per heavy atom. The Hall–Kier alpha value is -2.17. The molecule has 0 spiro atoms. The van der Waals surface area contributed by atoms with Gasteiger partial charge in [0.05, 0.1) is 12.2 Å². The molecule has 5 nitrogen and oxygen atoms in total. The molecule has 0 aromatic carbocycles. The van der Waals surface area contributed by atoms with Crippen LogP contribution in [0.15, 0.2) is 22.9 Å². The molecule has 1 N–H and O–H groups in total. The zero-order valence-electron chi connectivity index (χ0n) is 10.6. The first-order valence-electron chi connectivity index (χ1n) is 6.27. The molecule has 0 fully saturated rings. The number of carboxylic acids is 1. The lowest BCUT2D eigenvalue weighted by Crippen LogP contribution is -2.23. The Balaban J connectivity index is 1.94. The molecule has 1 unspecified atom stereocenters. The lowest BCUT2D eigenvalue weighted by atomic mass is 9.87. The standard InChI is InChI=1S/C14H14N2O3/c1-8-4-5-19-12(8)13-15-7-10-6-9(14(17)18)2-3-11(10)16-13/h4-5,7,9H,2-3,6H2,1H3,(H,17,18). The van der Waals surface area contributed by atoms with E-state index in [-0.39, 0.29) is 5.92 Å². The van der Waals surface area contributed by atoms with E-state index in [4.69, 9.17) is 9.52 Å². The van der Waals surface area contributed by atoms with Gasteiger partial charge in [-0.3, -0.25) is 4.79 Å². The number of nitrogens with zero attached hydrogens (tertiary/aromatic N) is 2. The molecular weight excluding hydrogens is 244 g/mol. The minimum absolute atomic E-state index is 0.313. The van der Waals surface area contributed by atoms with Crippen LogP contribution in [0.5, 0.6) is 0 Å². The fourth-order valence-electron chi connectivity index (χ4n) is 2.43. The van der Waals surface area contributed by atoms with Crippen LogP contribution in [0.25, 0.3) is 11.6 Å². The first-order valence-corrected chi connectivity index (χ1v) is 6.27. The number of hydrogen-bond donors (Lipinski definition) is 1. The highest BCUT2D eigenvalue weighted by molar-refractivity contribution is 5.71. The van der Waals surface area contributed by atoms with E-state index in [1.165, 1.54) is 0 Å². The monoisotopic (exact) mass is 258 g/mol. The van der Waals surface area contributed by atoms with Gasteiger partial charge in [-0.2, -0.15) is 0 Å². The summed E-state index contributed by atoms with van der Waals surface area (Å²) in [6.07, 6.45) is 5.18. The van der Waals surface area contributed by atoms with Crippen LogP contribution in [0, 0.1) is 12.8 Å². The summed E-state index contributed by atoms with van der Waals surface area (Å²) >= 11 is 0. The van der Waals surface area contributed by atoms with Gasteiger partial charge in [0.25, 0.3) is 0 Å². The molecule has 19 heavy (non-hydrogen) atoms. The summed E-state index contributed by atoms with van der Waals surface area (Å²) in [5.74, 6) is 0.210. The minimum atomic E-state index is -0.739. The van der Waals surface area contributed by atoms with E-state index in [0.29, 0.717) is 30.8 Å². The third-order valence-electron chi connectivity index (χ3n) is 3.56. The molecule has 1 aliphatic rings. The van der Waals surface area contributed by atoms with E-state index in [1.807, 2.05) is 13.0 Å². The molecule has 0 saturated carbocycles. The highest BCUT2D eigenvalue weighted by Gasteiger charge is 2.26. The summed E-state index contributed by atoms with van der Waals surface area (Å²) in [6, 6.07) is 1.87. The van der Waals surface area contributed by atoms with Crippen molar-refractivity contribution in [1.82, 2.24) is 9.97 Å². The van der Waals surface area contributed by atoms with Crippen molar-refractivity contribution in [2.24, 2.45) is 5.92 Å². The number of aryl methyl sites for hydroxylation is 2. The van der Waals surface area contributed by atoms with Gasteiger partial charge < -0.3 is 9.52 Å². The van der Waals surface area contributed by atoms with E-state index < -0.39 is 5.97 Å². The van der Waals surface area contributed by atoms with Crippen LogP contribution in [-0.4, -0.2) is 21.0 Å². The highest BCUT2D eigenvalue weighted by atomic mass is 16.4. The number of furan rings is 1. The Labute approximate surface area is 110 Å². The smallest absolute Gasteiger partial charge is 0.306 e. The first kappa shape index (κ1) is 11.9. The average molecular weight is 258 g/mol. The van der Waals surface area contributed by atoms with Gasteiger partial charge in [-0.1, -0.05) is 0 Å². The number of aliphatic carboxylic acids is 1. The SMILES string of the molecule is Cc1ccoc1-c1ncc2c(n1)CCC(C(=O)O)C2. The van der Waals surface area contributed by atoms with Crippen molar-refractivity contribution in [1.29, 1.82) is 0 Å². The second-order valence-corrected chi connectivity index (χ2v) is 4.88. The predicted octanol–water partition coefficient (Wildman–Crippen LogP) is 2.23. The third kappa shape index (κ3) is 2.12. The van der Waals surface area contributed by atoms with Crippen molar-refractivity contribution in [2.45, 2.75) is 26.2 Å². The van der Waals surface area contributed by atoms with Crippen LogP contribution in [0.4, 0.5) is 0 Å². The predicted molar refractivity (Wildman–Crippen MR) is 67.6 cm³/mol. The third-order valence-corrected chi connectivity index (χ3v) is 3.56. The molecule has 98 valence electrons. The van der Waals surface area contributed by atoms with E-state index >= 15 is 0 Å². The average Bonchev–Trinajstić information content (AvgIpc) is 2.83. The summed E-state index contributed by atoms with van der Waals surface area (Å²) in [6.45, 7) is 1.95. The summed E-state index contributed by atoms with van der Waals surface area (Å²) < 4.78 is 5.38. The lowest BCUT2D eigenvalue weighted by Gasteiger charge is -2.20. The van der Waals surface area contributed by atoms with Crippen molar-refractivity contribution < 1.29 is 14.3 Å². The minimum Gasteiger partial charge on any atom is -0.481 e. The first-order chi connectivity index (χ1) is 9.15. The maximum absolute atomic E-state index is 11.0. The molecule has 0 saturated heterocycles. The maximum Gasteiger partial charge on any atom is 0.306 e. The number of fused-ring (bicyclic) bond motifs is 1. The van der Waals surface area contributed by atoms with Crippen LogP contribution in [0.2, 0.25) is 0 Å². The Bertz CT molecular complexity index is 633. The topological polar surface area (TPSA) is 76.2 Å². The van der Waals surface area contributed by atoms with Gasteiger partial charge in [-0.15, -0.1) is 0 Å². The van der Waals surface area contributed by atoms with E-state index in [1.54, 1.807) is 12.5 Å². The largest absolute Gasteiger partial charge is 0.481 e. The molecule has 0 amide bonds. The Kier molecular flexibility index (Phi) is 2.81. The van der Waals surface area contributed by atoms with Crippen LogP contribution >= 0.6 is 0 Å². The Morgan fingerprint density at radius 1 is 1.53 bits per heavy atom. The van der Waals surface area contributed by atoms with Crippen molar-refractivity contribution in [3.8, 4) is 11.6 Å². The van der Waals surface area contributed by atoms with Crippen molar-refractivity contribution in [2.75, 3.05) is 0 Å². The van der Waals surface area contributed by atoms with E-state index in [2.05, 4.69) is 9.97 Å². The van der Waals surface area contributed by atoms with Gasteiger partial charge in [0, 0.05) is 11.9 Å². The molecule has 0 bridgehead atoms. The number of carboxylic acid groups (broad SMARTS) is 1. The molecule has 2 aromatic rings. The second kappa shape index (κ2) is 4.50. The molecule has 1 aliphatic carbocycles. The molecular formula is C14H14N2O3. The highest BCUT2D eigenvalue weighted by Crippen LogP contribution is 2.27. The van der Waals surface area contributed by atoms with E-state index in [9.17, 15) is 4.79 Å². The lowest BCUT2D eigenvalue weighted by molar-refractivity contribution is -0.142. The van der Waals surface area contributed by atoms with Gasteiger partial charge in [-0.05, 0) is 43.4 Å². The Morgan fingerprint density at radius 3 is 3.05 bits per heavy atom. The molecule has 1 atom stereocenters. The van der Waals surface area contributed by atoms with Crippen LogP contribution < -0.4 is 0 Å². The van der Waals surface area contributed by atoms with Gasteiger partial charge in [0.1, 0.15) is 0 Å². The summed E-state index contributed by atoms with van der Waals surface area (Å²) in [7, 11) is 0. The molecule has 0 radical (unpaired) electrons. The normalized spacial score (nSPS) is 18.1. The summed E-state index contributed by atoms with van der Waals surface area (Å²) in [4.78, 5) is 19.8. The van der Waals surface area contributed by atoms with Crippen LogP contribution in [-0.2, 0) is 17.6 Å². The molecule has 3 rings (SSSR count). The molecule has 5 heteroatoms. The van der Waals surface area contributed by atoms with Crippen LogP contribution in [0.1, 0.15) is 23.2 Å². The maximum atomic E-state index is 11.0. The summed E-state index contributed by atoms with van der Waals surface area (Å²) in [5, 5.41) is 9.05. The molecule has 2 heterocycles. The van der Waals surface area contributed by atoms with Gasteiger partial charge in [-0.25, -0.2) is 9.97 Å². The number of rotatable bonds is 2. The summed E-state index contributed by atoms with van der Waals surface area (Å²) in [5.41, 5.74) is 2.88. The fourth-order valence-corrected chi connectivity index (χ4v) is 2.43. The second-order valence-electron chi connectivity index (χ2n) is 4.88. The number of hydrogen-bond acceptors (Lipinski definition) is 4. The van der Waals surface area contributed by atoms with E-state index in [0.717, 1.165) is 16.8 Å².